The molecule has 2 aromatic rings. The van der Waals surface area contributed by atoms with Gasteiger partial charge in [0.2, 0.25) is 11.9 Å². The minimum atomic E-state index is -4.62. The Bertz CT molecular complexity index is 1180. The Morgan fingerprint density at radius 1 is 1.24 bits per heavy atom. The Balaban J connectivity index is 1.33. The number of rotatable bonds is 6. The second-order valence-corrected chi connectivity index (χ2v) is 10.8. The molecule has 3 fully saturated rings. The lowest BCUT2D eigenvalue weighted by Crippen LogP contribution is -2.55. The maximum Gasteiger partial charge on any atom is 0.418 e. The number of carbonyl (C=O) groups excluding carboxylic acids is 1. The van der Waals surface area contributed by atoms with Crippen LogP contribution in [0.1, 0.15) is 45.1 Å². The zero-order chi connectivity index (χ0) is 26.5. The Labute approximate surface area is 212 Å². The maximum atomic E-state index is 14.6. The zero-order valence-corrected chi connectivity index (χ0v) is 20.8. The highest BCUT2D eigenvalue weighted by atomic mass is 19.4. The second-order valence-electron chi connectivity index (χ2n) is 10.8. The number of nitrogens with zero attached hydrogens (tertiary/aromatic N) is 4. The Hall–Kier alpha value is -3.15. The third-order valence-corrected chi connectivity index (χ3v) is 7.72. The molecule has 1 amide bonds. The smallest absolute Gasteiger partial charge is 0.369 e. The third kappa shape index (κ3) is 5.16. The molecule has 0 spiro atoms. The maximum absolute atomic E-state index is 14.6. The fraction of sp³-hybridized carbons (Fsp3) is 0.560. The van der Waals surface area contributed by atoms with Crippen molar-refractivity contribution >= 4 is 29.0 Å². The number of hydrogen-bond acceptors (Lipinski definition) is 7. The average Bonchev–Trinajstić information content (AvgIpc) is 3.24. The lowest BCUT2D eigenvalue weighted by Gasteiger charge is -2.47. The van der Waals surface area contributed by atoms with E-state index in [0.29, 0.717) is 6.04 Å². The molecule has 4 N–H and O–H groups in total. The number of fused-ring (bicyclic) bond motifs is 1. The van der Waals surface area contributed by atoms with E-state index in [2.05, 4.69) is 39.3 Å². The number of piperidine rings is 1. The number of hydrogen-bond donors (Lipinski definition) is 3. The predicted molar refractivity (Wildman–Crippen MR) is 132 cm³/mol. The first-order valence-corrected chi connectivity index (χ1v) is 12.5. The first-order valence-electron chi connectivity index (χ1n) is 12.5. The number of nitrogens with two attached hydrogens (primary N) is 1. The van der Waals surface area contributed by atoms with E-state index in [1.807, 2.05) is 0 Å². The normalized spacial score (nSPS) is 23.9. The summed E-state index contributed by atoms with van der Waals surface area (Å²) < 4.78 is 56.1. The summed E-state index contributed by atoms with van der Waals surface area (Å²) in [5.74, 6) is -1.61. The van der Waals surface area contributed by atoms with Gasteiger partial charge >= 0.3 is 6.18 Å². The van der Waals surface area contributed by atoms with Crippen LogP contribution < -0.4 is 21.3 Å². The van der Waals surface area contributed by atoms with Crippen LogP contribution in [0, 0.1) is 11.7 Å². The molecule has 3 aliphatic rings. The molecule has 0 aliphatic carbocycles. The Kier molecular flexibility index (Phi) is 6.41. The average molecular weight is 522 g/mol. The second kappa shape index (κ2) is 9.30. The van der Waals surface area contributed by atoms with Crippen molar-refractivity contribution in [2.24, 2.45) is 11.7 Å². The zero-order valence-electron chi connectivity index (χ0n) is 20.8. The first-order chi connectivity index (χ1) is 17.4. The van der Waals surface area contributed by atoms with Gasteiger partial charge in [-0.25, -0.2) is 9.37 Å². The van der Waals surface area contributed by atoms with E-state index in [0.717, 1.165) is 44.5 Å². The van der Waals surface area contributed by atoms with Crippen molar-refractivity contribution in [1.29, 1.82) is 0 Å². The Morgan fingerprint density at radius 2 is 2.00 bits per heavy atom. The highest BCUT2D eigenvalue weighted by Crippen LogP contribution is 2.41. The summed E-state index contributed by atoms with van der Waals surface area (Å²) in [6.07, 6.45) is 0.343. The van der Waals surface area contributed by atoms with Crippen LogP contribution in [0.3, 0.4) is 0 Å². The number of alkyl halides is 3. The quantitative estimate of drug-likeness (QED) is 0.492. The number of anilines is 4. The lowest BCUT2D eigenvalue weighted by atomic mass is 9.84. The van der Waals surface area contributed by atoms with Crippen LogP contribution in [0.2, 0.25) is 0 Å². The number of halogens is 4. The van der Waals surface area contributed by atoms with Crippen molar-refractivity contribution in [3.8, 4) is 0 Å². The summed E-state index contributed by atoms with van der Waals surface area (Å²) in [6, 6.07) is 4.23. The van der Waals surface area contributed by atoms with Crippen LogP contribution in [0.25, 0.3) is 0 Å². The summed E-state index contributed by atoms with van der Waals surface area (Å²) in [7, 11) is 0. The Morgan fingerprint density at radius 3 is 2.70 bits per heavy atom. The largest absolute Gasteiger partial charge is 0.418 e. The van der Waals surface area contributed by atoms with Gasteiger partial charge in [0.15, 0.2) is 11.6 Å². The predicted octanol–water partition coefficient (Wildman–Crippen LogP) is 4.12. The fourth-order valence-corrected chi connectivity index (χ4v) is 5.94. The number of nitrogens with one attached hydrogen (secondary N) is 2. The standard InChI is InChI=1S/C25H31F4N7O/c1-24(2)10-16(8-17-4-3-7-36(17)24)32-22-19(26)11-31-23(34-22)33-15-5-6-20(18(9-15)25(27,28)29)35-12-14(13-35)21(30)37/h5-6,9,11,14,16-17H,3-4,7-8,10,12-13H2,1-2H3,(H2,30,37)(H2,31,32,33,34). The summed E-state index contributed by atoms with van der Waals surface area (Å²) >= 11 is 0. The SMILES string of the molecule is CC1(C)CC(Nc2nc(Nc3ccc(N4CC(C(N)=O)C4)c(C(F)(F)F)c3)ncc2F)CC2CCCN21. The molecule has 3 saturated heterocycles. The van der Waals surface area contributed by atoms with E-state index in [9.17, 15) is 22.4 Å². The van der Waals surface area contributed by atoms with E-state index >= 15 is 0 Å². The van der Waals surface area contributed by atoms with Gasteiger partial charge in [-0.2, -0.15) is 18.2 Å². The molecule has 1 aromatic carbocycles. The van der Waals surface area contributed by atoms with Crippen LogP contribution in [-0.4, -0.2) is 58.0 Å². The highest BCUT2D eigenvalue weighted by molar-refractivity contribution is 5.80. The number of benzene rings is 1. The molecule has 0 radical (unpaired) electrons. The molecule has 12 heteroatoms. The number of primary amides is 1. The van der Waals surface area contributed by atoms with Crippen molar-refractivity contribution in [2.75, 3.05) is 35.2 Å². The molecule has 0 bridgehead atoms. The molecule has 8 nitrogen and oxygen atoms in total. The molecule has 200 valence electrons. The molecule has 1 aromatic heterocycles. The number of amides is 1. The minimum Gasteiger partial charge on any atom is -0.369 e. The first kappa shape index (κ1) is 25.5. The van der Waals surface area contributed by atoms with E-state index in [1.54, 1.807) is 0 Å². The van der Waals surface area contributed by atoms with Crippen molar-refractivity contribution in [1.82, 2.24) is 14.9 Å². The number of carbonyl (C=O) groups is 1. The molecular formula is C25H31F4N7O. The van der Waals surface area contributed by atoms with E-state index in [-0.39, 0.29) is 47.8 Å². The van der Waals surface area contributed by atoms with Gasteiger partial charge in [0.1, 0.15) is 0 Å². The highest BCUT2D eigenvalue weighted by Gasteiger charge is 2.43. The van der Waals surface area contributed by atoms with Gasteiger partial charge in [-0.1, -0.05) is 0 Å². The van der Waals surface area contributed by atoms with Crippen LogP contribution in [0.4, 0.5) is 40.7 Å². The van der Waals surface area contributed by atoms with Crippen LogP contribution in [0.15, 0.2) is 24.4 Å². The third-order valence-electron chi connectivity index (χ3n) is 7.72. The monoisotopic (exact) mass is 521 g/mol. The molecule has 0 saturated carbocycles. The lowest BCUT2D eigenvalue weighted by molar-refractivity contribution is -0.137. The molecule has 37 heavy (non-hydrogen) atoms. The van der Waals surface area contributed by atoms with Crippen molar-refractivity contribution < 1.29 is 22.4 Å². The van der Waals surface area contributed by atoms with Crippen molar-refractivity contribution in [3.63, 3.8) is 0 Å². The van der Waals surface area contributed by atoms with Crippen LogP contribution in [-0.2, 0) is 11.0 Å². The van der Waals surface area contributed by atoms with E-state index in [4.69, 9.17) is 5.73 Å². The topological polar surface area (TPSA) is 99.4 Å². The van der Waals surface area contributed by atoms with Crippen molar-refractivity contribution in [3.05, 3.63) is 35.8 Å². The molecule has 2 atom stereocenters. The van der Waals surface area contributed by atoms with E-state index < -0.39 is 29.4 Å². The summed E-state index contributed by atoms with van der Waals surface area (Å²) in [4.78, 5) is 23.4. The summed E-state index contributed by atoms with van der Waals surface area (Å²) in [5, 5.41) is 5.99. The van der Waals surface area contributed by atoms with Gasteiger partial charge in [0.25, 0.3) is 0 Å². The molecule has 4 heterocycles. The fourth-order valence-electron chi connectivity index (χ4n) is 5.94. The van der Waals surface area contributed by atoms with Gasteiger partial charge in [-0.15, -0.1) is 0 Å². The van der Waals surface area contributed by atoms with Gasteiger partial charge in [-0.05, 0) is 64.3 Å². The van der Waals surface area contributed by atoms with Gasteiger partial charge in [0, 0.05) is 42.1 Å². The van der Waals surface area contributed by atoms with Gasteiger partial charge in [0.05, 0.1) is 17.7 Å². The molecular weight excluding hydrogens is 490 g/mol. The number of aromatic nitrogens is 2. The van der Waals surface area contributed by atoms with E-state index in [1.165, 1.54) is 17.0 Å². The van der Waals surface area contributed by atoms with Crippen molar-refractivity contribution in [2.45, 2.75) is 63.3 Å². The van der Waals surface area contributed by atoms with Crippen LogP contribution >= 0.6 is 0 Å². The molecule has 5 rings (SSSR count). The van der Waals surface area contributed by atoms with Gasteiger partial charge in [-0.3, -0.25) is 9.69 Å². The van der Waals surface area contributed by atoms with Crippen LogP contribution in [0.5, 0.6) is 0 Å². The summed E-state index contributed by atoms with van der Waals surface area (Å²) in [6.45, 7) is 5.73. The molecule has 3 aliphatic heterocycles. The van der Waals surface area contributed by atoms with Gasteiger partial charge < -0.3 is 21.3 Å². The molecule has 2 unspecified atom stereocenters. The minimum absolute atomic E-state index is 0.0138. The summed E-state index contributed by atoms with van der Waals surface area (Å²) in [5.41, 5.74) is 4.45.